The van der Waals surface area contributed by atoms with Crippen molar-refractivity contribution in [2.45, 2.75) is 38.4 Å². The van der Waals surface area contributed by atoms with E-state index < -0.39 is 30.5 Å². The number of pyridine rings is 2. The lowest BCUT2D eigenvalue weighted by atomic mass is 10.2. The van der Waals surface area contributed by atoms with Crippen molar-refractivity contribution >= 4 is 17.6 Å². The number of hydrogen-bond donors (Lipinski definition) is 2. The van der Waals surface area contributed by atoms with Gasteiger partial charge in [-0.1, -0.05) is 6.07 Å². The van der Waals surface area contributed by atoms with Crippen LogP contribution in [0.1, 0.15) is 34.5 Å². The smallest absolute Gasteiger partial charge is 0.456 e. The quantitative estimate of drug-likeness (QED) is 0.590. The molecular formula is C20H19F5N4O3. The summed E-state index contributed by atoms with van der Waals surface area (Å²) in [7, 11) is 0. The first kappa shape index (κ1) is 23.4. The van der Waals surface area contributed by atoms with E-state index in [0.717, 1.165) is 18.9 Å². The Bertz CT molecular complexity index is 992. The van der Waals surface area contributed by atoms with Crippen LogP contribution >= 0.6 is 0 Å². The number of amides is 2. The van der Waals surface area contributed by atoms with Crippen LogP contribution in [0.2, 0.25) is 0 Å². The molecule has 1 aliphatic rings. The first-order valence-electron chi connectivity index (χ1n) is 9.54. The summed E-state index contributed by atoms with van der Waals surface area (Å²) in [6.07, 6.45) is -2.88. The molecule has 0 bridgehead atoms. The zero-order chi connectivity index (χ0) is 23.5. The number of halogens is 5. The number of ether oxygens (including phenoxy) is 1. The van der Waals surface area contributed by atoms with Gasteiger partial charge in [0.25, 0.3) is 5.91 Å². The van der Waals surface area contributed by atoms with Crippen LogP contribution in [0.5, 0.6) is 5.88 Å². The van der Waals surface area contributed by atoms with Gasteiger partial charge < -0.3 is 15.4 Å². The summed E-state index contributed by atoms with van der Waals surface area (Å²) < 4.78 is 66.6. The maximum atomic E-state index is 12.9. The van der Waals surface area contributed by atoms with Crippen molar-refractivity contribution in [3.8, 4) is 5.88 Å². The molecular weight excluding hydrogens is 439 g/mol. The molecule has 1 aliphatic carbocycles. The van der Waals surface area contributed by atoms with Gasteiger partial charge in [-0.25, -0.2) is 9.97 Å². The summed E-state index contributed by atoms with van der Waals surface area (Å²) in [5, 5.41) is 5.30. The number of alkyl halides is 5. The van der Waals surface area contributed by atoms with Crippen molar-refractivity contribution in [3.63, 3.8) is 0 Å². The second-order valence-electron chi connectivity index (χ2n) is 7.32. The lowest BCUT2D eigenvalue weighted by Crippen LogP contribution is -2.41. The highest BCUT2D eigenvalue weighted by atomic mass is 19.4. The largest absolute Gasteiger partial charge is 0.471 e. The summed E-state index contributed by atoms with van der Waals surface area (Å²) in [5.41, 5.74) is 1.26. The minimum absolute atomic E-state index is 0.00988. The predicted molar refractivity (Wildman–Crippen MR) is 102 cm³/mol. The van der Waals surface area contributed by atoms with Gasteiger partial charge in [-0.3, -0.25) is 9.59 Å². The van der Waals surface area contributed by atoms with Gasteiger partial charge in [-0.05, 0) is 37.5 Å². The normalized spacial score (nSPS) is 14.1. The van der Waals surface area contributed by atoms with E-state index >= 15 is 0 Å². The molecule has 0 atom stereocenters. The average molecular weight is 458 g/mol. The first-order valence-corrected chi connectivity index (χ1v) is 9.54. The number of aromatic nitrogens is 2. The highest BCUT2D eigenvalue weighted by molar-refractivity contribution is 5.97. The molecule has 0 radical (unpaired) electrons. The van der Waals surface area contributed by atoms with Gasteiger partial charge in [0.1, 0.15) is 5.82 Å². The SMILES string of the molecule is Cc1cc(C(=O)NCc2ccc(OCC(F)(F)C(F)(F)F)nc2)cc(NC(=O)C2CC2)n1. The Hall–Kier alpha value is -3.31. The van der Waals surface area contributed by atoms with Gasteiger partial charge in [-0.2, -0.15) is 22.0 Å². The van der Waals surface area contributed by atoms with Crippen molar-refractivity contribution in [1.82, 2.24) is 15.3 Å². The average Bonchev–Trinajstić information content (AvgIpc) is 3.55. The van der Waals surface area contributed by atoms with Crippen molar-refractivity contribution in [1.29, 1.82) is 0 Å². The molecule has 2 aromatic heterocycles. The van der Waals surface area contributed by atoms with E-state index in [1.54, 1.807) is 6.92 Å². The Morgan fingerprint density at radius 2 is 1.88 bits per heavy atom. The van der Waals surface area contributed by atoms with Crippen LogP contribution in [-0.2, 0) is 11.3 Å². The monoisotopic (exact) mass is 458 g/mol. The van der Waals surface area contributed by atoms with Crippen LogP contribution in [0.3, 0.4) is 0 Å². The molecule has 2 amide bonds. The van der Waals surface area contributed by atoms with Gasteiger partial charge in [0.2, 0.25) is 11.8 Å². The number of nitrogens with one attached hydrogen (secondary N) is 2. The fourth-order valence-corrected chi connectivity index (χ4v) is 2.57. The third-order valence-corrected chi connectivity index (χ3v) is 4.48. The Kier molecular flexibility index (Phi) is 6.60. The van der Waals surface area contributed by atoms with Gasteiger partial charge in [0.15, 0.2) is 6.61 Å². The topological polar surface area (TPSA) is 93.2 Å². The molecule has 3 rings (SSSR count). The van der Waals surface area contributed by atoms with Gasteiger partial charge in [0.05, 0.1) is 0 Å². The van der Waals surface area contributed by atoms with Crippen molar-refractivity contribution in [3.05, 3.63) is 47.3 Å². The van der Waals surface area contributed by atoms with E-state index in [-0.39, 0.29) is 29.8 Å². The first-order chi connectivity index (χ1) is 14.9. The van der Waals surface area contributed by atoms with E-state index in [2.05, 4.69) is 25.3 Å². The Balaban J connectivity index is 1.54. The van der Waals surface area contributed by atoms with Crippen LogP contribution < -0.4 is 15.4 Å². The van der Waals surface area contributed by atoms with Crippen LogP contribution in [0.15, 0.2) is 30.5 Å². The summed E-state index contributed by atoms with van der Waals surface area (Å²) in [4.78, 5) is 32.2. The maximum absolute atomic E-state index is 12.9. The van der Waals surface area contributed by atoms with Crippen molar-refractivity contribution < 1.29 is 36.3 Å². The van der Waals surface area contributed by atoms with Crippen LogP contribution in [0.25, 0.3) is 0 Å². The molecule has 1 saturated carbocycles. The molecule has 2 aromatic rings. The Morgan fingerprint density at radius 3 is 2.47 bits per heavy atom. The number of aryl methyl sites for hydroxylation is 1. The standard InChI is InChI=1S/C20H19F5N4O3/c1-11-6-14(7-15(28-11)29-18(31)13-3-4-13)17(30)27-9-12-2-5-16(26-8-12)32-10-19(21,22)20(23,24)25/h2,5-8,13H,3-4,9-10H2,1H3,(H,27,30)(H,28,29,31). The van der Waals surface area contributed by atoms with Crippen LogP contribution in [0, 0.1) is 12.8 Å². The van der Waals surface area contributed by atoms with Crippen LogP contribution in [-0.4, -0.2) is 40.5 Å². The third-order valence-electron chi connectivity index (χ3n) is 4.48. The molecule has 0 aliphatic heterocycles. The molecule has 0 spiro atoms. The fraction of sp³-hybridized carbons (Fsp3) is 0.400. The molecule has 2 heterocycles. The second-order valence-corrected chi connectivity index (χ2v) is 7.32. The molecule has 0 aromatic carbocycles. The lowest BCUT2D eigenvalue weighted by molar-refractivity contribution is -0.290. The molecule has 172 valence electrons. The number of anilines is 1. The van der Waals surface area contributed by atoms with Crippen molar-refractivity contribution in [2.75, 3.05) is 11.9 Å². The molecule has 32 heavy (non-hydrogen) atoms. The molecule has 2 N–H and O–H groups in total. The molecule has 7 nitrogen and oxygen atoms in total. The van der Waals surface area contributed by atoms with Gasteiger partial charge >= 0.3 is 12.1 Å². The number of hydrogen-bond acceptors (Lipinski definition) is 5. The summed E-state index contributed by atoms with van der Waals surface area (Å²) >= 11 is 0. The number of nitrogens with zero attached hydrogens (tertiary/aromatic N) is 2. The van der Waals surface area contributed by atoms with Crippen molar-refractivity contribution in [2.24, 2.45) is 5.92 Å². The van der Waals surface area contributed by atoms with E-state index in [1.165, 1.54) is 24.4 Å². The third kappa shape index (κ3) is 6.11. The highest BCUT2D eigenvalue weighted by Gasteiger charge is 2.58. The maximum Gasteiger partial charge on any atom is 0.456 e. The Morgan fingerprint density at radius 1 is 1.16 bits per heavy atom. The predicted octanol–water partition coefficient (Wildman–Crippen LogP) is 3.64. The highest BCUT2D eigenvalue weighted by Crippen LogP contribution is 2.35. The number of carbonyl (C=O) groups is 2. The molecule has 12 heteroatoms. The van der Waals surface area contributed by atoms with E-state index in [0.29, 0.717) is 11.3 Å². The summed E-state index contributed by atoms with van der Waals surface area (Å²) in [5.74, 6) is -5.76. The van der Waals surface area contributed by atoms with Gasteiger partial charge in [-0.15, -0.1) is 0 Å². The number of rotatable bonds is 8. The number of carbonyl (C=O) groups excluding carboxylic acids is 2. The lowest BCUT2D eigenvalue weighted by Gasteiger charge is -2.19. The minimum Gasteiger partial charge on any atom is -0.471 e. The zero-order valence-electron chi connectivity index (χ0n) is 16.8. The molecule has 0 saturated heterocycles. The van der Waals surface area contributed by atoms with E-state index in [9.17, 15) is 31.5 Å². The Labute approximate surface area is 179 Å². The van der Waals surface area contributed by atoms with Gasteiger partial charge in [0, 0.05) is 36.0 Å². The van der Waals surface area contributed by atoms with Crippen LogP contribution in [0.4, 0.5) is 27.8 Å². The minimum atomic E-state index is -5.72. The summed E-state index contributed by atoms with van der Waals surface area (Å²) in [6, 6.07) is 5.47. The second kappa shape index (κ2) is 9.05. The molecule has 0 unspecified atom stereocenters. The van der Waals surface area contributed by atoms with E-state index in [1.807, 2.05) is 0 Å². The zero-order valence-corrected chi connectivity index (χ0v) is 16.8. The summed E-state index contributed by atoms with van der Waals surface area (Å²) in [6.45, 7) is -0.203. The fourth-order valence-electron chi connectivity index (χ4n) is 2.57. The van der Waals surface area contributed by atoms with E-state index in [4.69, 9.17) is 0 Å². The molecule has 1 fully saturated rings.